The standard InChI is InChI=1S/C9H19NO2S/c1-4-7-13(11,12)10-9(2,3)8-5-6-8/h8,10H,4-7H2,1-3H3. The highest BCUT2D eigenvalue weighted by Crippen LogP contribution is 2.39. The van der Waals surface area contributed by atoms with E-state index in [0.29, 0.717) is 12.3 Å². The number of hydrogen-bond donors (Lipinski definition) is 1. The maximum Gasteiger partial charge on any atom is 0.212 e. The first-order valence-electron chi connectivity index (χ1n) is 4.89. The summed E-state index contributed by atoms with van der Waals surface area (Å²) in [6.07, 6.45) is 2.99. The lowest BCUT2D eigenvalue weighted by Gasteiger charge is -2.25. The van der Waals surface area contributed by atoms with Crippen molar-refractivity contribution in [2.75, 3.05) is 5.75 Å². The smallest absolute Gasteiger partial charge is 0.212 e. The zero-order valence-corrected chi connectivity index (χ0v) is 9.45. The van der Waals surface area contributed by atoms with Crippen molar-refractivity contribution in [1.82, 2.24) is 4.72 Å². The normalized spacial score (nSPS) is 19.0. The SMILES string of the molecule is CCCS(=O)(=O)NC(C)(C)C1CC1. The maximum atomic E-state index is 11.5. The topological polar surface area (TPSA) is 46.2 Å². The Morgan fingerprint density at radius 1 is 1.38 bits per heavy atom. The molecule has 4 heteroatoms. The van der Waals surface area contributed by atoms with Crippen LogP contribution in [0.25, 0.3) is 0 Å². The van der Waals surface area contributed by atoms with Crippen molar-refractivity contribution in [2.45, 2.75) is 45.6 Å². The Bertz CT molecular complexity index is 265. The first-order chi connectivity index (χ1) is 5.87. The van der Waals surface area contributed by atoms with Crippen molar-refractivity contribution in [3.05, 3.63) is 0 Å². The van der Waals surface area contributed by atoms with E-state index in [4.69, 9.17) is 0 Å². The molecule has 1 aliphatic rings. The van der Waals surface area contributed by atoms with Crippen LogP contribution in [0.4, 0.5) is 0 Å². The summed E-state index contributed by atoms with van der Waals surface area (Å²) in [5, 5.41) is 0. The molecule has 3 nitrogen and oxygen atoms in total. The molecule has 1 saturated carbocycles. The van der Waals surface area contributed by atoms with E-state index in [2.05, 4.69) is 4.72 Å². The summed E-state index contributed by atoms with van der Waals surface area (Å²) in [6, 6.07) is 0. The lowest BCUT2D eigenvalue weighted by atomic mass is 10.0. The third kappa shape index (κ3) is 3.27. The van der Waals surface area contributed by atoms with Gasteiger partial charge in [0.15, 0.2) is 0 Å². The van der Waals surface area contributed by atoms with E-state index in [1.165, 1.54) is 0 Å². The van der Waals surface area contributed by atoms with Crippen molar-refractivity contribution in [1.29, 1.82) is 0 Å². The van der Waals surface area contributed by atoms with Crippen LogP contribution in [0.2, 0.25) is 0 Å². The lowest BCUT2D eigenvalue weighted by molar-refractivity contribution is 0.400. The van der Waals surface area contributed by atoms with Gasteiger partial charge in [-0.1, -0.05) is 6.92 Å². The summed E-state index contributed by atoms with van der Waals surface area (Å²) in [6.45, 7) is 5.82. The third-order valence-electron chi connectivity index (χ3n) is 2.49. The van der Waals surface area contributed by atoms with Crippen molar-refractivity contribution >= 4 is 10.0 Å². The van der Waals surface area contributed by atoms with Gasteiger partial charge in [0.05, 0.1) is 5.75 Å². The van der Waals surface area contributed by atoms with Crippen LogP contribution in [0.5, 0.6) is 0 Å². The summed E-state index contributed by atoms with van der Waals surface area (Å²) in [5.74, 6) is 0.780. The van der Waals surface area contributed by atoms with Gasteiger partial charge < -0.3 is 0 Å². The lowest BCUT2D eigenvalue weighted by Crippen LogP contribution is -2.45. The molecule has 0 aromatic carbocycles. The molecule has 0 aromatic rings. The largest absolute Gasteiger partial charge is 0.212 e. The molecule has 0 spiro atoms. The zero-order chi connectivity index (χ0) is 10.1. The summed E-state index contributed by atoms with van der Waals surface area (Å²) >= 11 is 0. The molecule has 0 amide bonds. The Balaban J connectivity index is 2.55. The Hall–Kier alpha value is -0.0900. The second-order valence-electron chi connectivity index (χ2n) is 4.42. The Morgan fingerprint density at radius 2 is 1.92 bits per heavy atom. The van der Waals surface area contributed by atoms with Gasteiger partial charge in [-0.3, -0.25) is 0 Å². The number of sulfonamides is 1. The molecule has 0 heterocycles. The molecule has 78 valence electrons. The molecular weight excluding hydrogens is 186 g/mol. The highest BCUT2D eigenvalue weighted by molar-refractivity contribution is 7.89. The van der Waals surface area contributed by atoms with Crippen LogP contribution < -0.4 is 4.72 Å². The highest BCUT2D eigenvalue weighted by Gasteiger charge is 2.39. The van der Waals surface area contributed by atoms with E-state index in [9.17, 15) is 8.42 Å². The monoisotopic (exact) mass is 205 g/mol. The van der Waals surface area contributed by atoms with Crippen LogP contribution in [0.3, 0.4) is 0 Å². The van der Waals surface area contributed by atoms with E-state index in [1.807, 2.05) is 20.8 Å². The van der Waals surface area contributed by atoms with Crippen LogP contribution in [-0.4, -0.2) is 19.7 Å². The van der Waals surface area contributed by atoms with Crippen LogP contribution in [-0.2, 0) is 10.0 Å². The zero-order valence-electron chi connectivity index (χ0n) is 8.63. The fourth-order valence-electron chi connectivity index (χ4n) is 1.61. The molecule has 13 heavy (non-hydrogen) atoms. The molecule has 1 fully saturated rings. The molecule has 0 atom stereocenters. The van der Waals surface area contributed by atoms with Crippen molar-refractivity contribution in [3.63, 3.8) is 0 Å². The Labute approximate surface area is 81.0 Å². The molecule has 0 aliphatic heterocycles. The second-order valence-corrected chi connectivity index (χ2v) is 6.26. The summed E-state index contributed by atoms with van der Waals surface area (Å²) in [7, 11) is -3.04. The predicted octanol–water partition coefficient (Wildman–Crippen LogP) is 1.50. The number of hydrogen-bond acceptors (Lipinski definition) is 2. The second kappa shape index (κ2) is 3.58. The minimum Gasteiger partial charge on any atom is -0.212 e. The number of rotatable bonds is 5. The van der Waals surface area contributed by atoms with Crippen molar-refractivity contribution in [3.8, 4) is 0 Å². The van der Waals surface area contributed by atoms with Gasteiger partial charge in [0.1, 0.15) is 0 Å². The van der Waals surface area contributed by atoms with Gasteiger partial charge in [0, 0.05) is 5.54 Å². The van der Waals surface area contributed by atoms with Crippen LogP contribution in [0, 0.1) is 5.92 Å². The van der Waals surface area contributed by atoms with E-state index in [1.54, 1.807) is 0 Å². The Morgan fingerprint density at radius 3 is 2.31 bits per heavy atom. The average molecular weight is 205 g/mol. The van der Waals surface area contributed by atoms with Gasteiger partial charge in [-0.05, 0) is 39.0 Å². The van der Waals surface area contributed by atoms with Gasteiger partial charge in [-0.15, -0.1) is 0 Å². The molecule has 1 rings (SSSR count). The fourth-order valence-corrected chi connectivity index (χ4v) is 3.22. The number of nitrogens with one attached hydrogen (secondary N) is 1. The Kier molecular flexibility index (Phi) is 3.02. The molecule has 0 aromatic heterocycles. The van der Waals surface area contributed by atoms with Gasteiger partial charge >= 0.3 is 0 Å². The molecule has 0 radical (unpaired) electrons. The van der Waals surface area contributed by atoms with Crippen LogP contribution in [0.15, 0.2) is 0 Å². The molecule has 0 saturated heterocycles. The minimum absolute atomic E-state index is 0.239. The summed E-state index contributed by atoms with van der Waals surface area (Å²) in [4.78, 5) is 0. The molecular formula is C9H19NO2S. The highest BCUT2D eigenvalue weighted by atomic mass is 32.2. The molecule has 1 N–H and O–H groups in total. The first-order valence-corrected chi connectivity index (χ1v) is 6.54. The molecule has 1 aliphatic carbocycles. The van der Waals surface area contributed by atoms with Crippen LogP contribution in [0.1, 0.15) is 40.0 Å². The molecule has 0 unspecified atom stereocenters. The van der Waals surface area contributed by atoms with Gasteiger partial charge in [-0.2, -0.15) is 0 Å². The minimum atomic E-state index is -3.04. The van der Waals surface area contributed by atoms with E-state index < -0.39 is 10.0 Å². The predicted molar refractivity (Wildman–Crippen MR) is 54.0 cm³/mol. The molecule has 0 bridgehead atoms. The van der Waals surface area contributed by atoms with E-state index >= 15 is 0 Å². The summed E-state index contributed by atoms with van der Waals surface area (Å²) < 4.78 is 25.7. The van der Waals surface area contributed by atoms with Crippen molar-refractivity contribution < 1.29 is 8.42 Å². The quantitative estimate of drug-likeness (QED) is 0.739. The summed E-state index contributed by atoms with van der Waals surface area (Å²) in [5.41, 5.74) is -0.242. The third-order valence-corrected chi connectivity index (χ3v) is 4.27. The average Bonchev–Trinajstić information content (AvgIpc) is 2.62. The maximum absolute atomic E-state index is 11.5. The van der Waals surface area contributed by atoms with E-state index in [-0.39, 0.29) is 11.3 Å². The first kappa shape index (κ1) is 11.0. The fraction of sp³-hybridized carbons (Fsp3) is 1.00. The van der Waals surface area contributed by atoms with Gasteiger partial charge in [0.25, 0.3) is 0 Å². The van der Waals surface area contributed by atoms with Crippen molar-refractivity contribution in [2.24, 2.45) is 5.92 Å². The van der Waals surface area contributed by atoms with Gasteiger partial charge in [-0.25, -0.2) is 13.1 Å². The van der Waals surface area contributed by atoms with Gasteiger partial charge in [0.2, 0.25) is 10.0 Å². The van der Waals surface area contributed by atoms with E-state index in [0.717, 1.165) is 12.8 Å². The van der Waals surface area contributed by atoms with Crippen LogP contribution >= 0.6 is 0 Å².